The van der Waals surface area contributed by atoms with Crippen LogP contribution in [-0.4, -0.2) is 23.8 Å². The molecule has 100 valence electrons. The van der Waals surface area contributed by atoms with E-state index in [4.69, 9.17) is 0 Å². The molecular weight excluding hydrogens is 236 g/mol. The molecule has 0 fully saturated rings. The van der Waals surface area contributed by atoms with Crippen LogP contribution in [0.2, 0.25) is 0 Å². The summed E-state index contributed by atoms with van der Waals surface area (Å²) in [7, 11) is 0. The molecule has 0 saturated heterocycles. The summed E-state index contributed by atoms with van der Waals surface area (Å²) in [5.41, 5.74) is 1.22. The van der Waals surface area contributed by atoms with Gasteiger partial charge >= 0.3 is 0 Å². The van der Waals surface area contributed by atoms with Crippen LogP contribution in [0.3, 0.4) is 0 Å². The van der Waals surface area contributed by atoms with Crippen molar-refractivity contribution in [2.75, 3.05) is 23.7 Å². The maximum atomic E-state index is 10.3. The molecule has 0 saturated carbocycles. The van der Waals surface area contributed by atoms with Crippen molar-refractivity contribution >= 4 is 11.4 Å². The summed E-state index contributed by atoms with van der Waals surface area (Å²) in [5, 5.41) is 16.8. The lowest BCUT2D eigenvalue weighted by atomic mass is 10.1. The molecule has 2 rings (SSSR count). The van der Waals surface area contributed by atoms with Crippen LogP contribution in [-0.2, 0) is 0 Å². The molecule has 3 N–H and O–H groups in total. The highest BCUT2D eigenvalue weighted by atomic mass is 16.3. The maximum Gasteiger partial charge on any atom is 0.0962 e. The molecule has 0 amide bonds. The van der Waals surface area contributed by atoms with Gasteiger partial charge in [0, 0.05) is 24.5 Å². The zero-order valence-electron chi connectivity index (χ0n) is 11.1. The number of hydrogen-bond donors (Lipinski definition) is 3. The van der Waals surface area contributed by atoms with Gasteiger partial charge in [-0.25, -0.2) is 0 Å². The van der Waals surface area contributed by atoms with Crippen LogP contribution in [0.15, 0.2) is 60.7 Å². The summed E-state index contributed by atoms with van der Waals surface area (Å²) >= 11 is 0. The maximum absolute atomic E-state index is 10.3. The Morgan fingerprint density at radius 2 is 1.16 bits per heavy atom. The second-order valence-corrected chi connectivity index (χ2v) is 4.94. The average molecular weight is 256 g/mol. The second kappa shape index (κ2) is 6.25. The third-order valence-corrected chi connectivity index (χ3v) is 2.89. The Morgan fingerprint density at radius 1 is 0.789 bits per heavy atom. The quantitative estimate of drug-likeness (QED) is 0.744. The zero-order valence-corrected chi connectivity index (χ0v) is 11.1. The predicted molar refractivity (Wildman–Crippen MR) is 80.5 cm³/mol. The zero-order chi connectivity index (χ0) is 13.6. The lowest BCUT2D eigenvalue weighted by Gasteiger charge is -2.25. The molecule has 0 aliphatic carbocycles. The van der Waals surface area contributed by atoms with Gasteiger partial charge in [-0.1, -0.05) is 36.4 Å². The fraction of sp³-hybridized carbons (Fsp3) is 0.250. The molecule has 0 spiro atoms. The van der Waals surface area contributed by atoms with E-state index in [1.165, 1.54) is 0 Å². The van der Waals surface area contributed by atoms with E-state index in [0.717, 1.165) is 11.4 Å². The minimum atomic E-state index is -0.814. The first-order valence-electron chi connectivity index (χ1n) is 6.46. The van der Waals surface area contributed by atoms with E-state index >= 15 is 0 Å². The third-order valence-electron chi connectivity index (χ3n) is 2.89. The number of nitrogens with one attached hydrogen (secondary N) is 2. The molecule has 2 aromatic carbocycles. The number of para-hydroxylation sites is 2. The van der Waals surface area contributed by atoms with Gasteiger partial charge in [0.25, 0.3) is 0 Å². The van der Waals surface area contributed by atoms with E-state index in [-0.39, 0.29) is 0 Å². The molecule has 0 aromatic heterocycles. The molecule has 2 aromatic rings. The Hall–Kier alpha value is -2.00. The summed E-state index contributed by atoms with van der Waals surface area (Å²) in [6.07, 6.45) is 0. The van der Waals surface area contributed by atoms with E-state index in [1.54, 1.807) is 0 Å². The first-order chi connectivity index (χ1) is 9.16. The van der Waals surface area contributed by atoms with Gasteiger partial charge in [-0.2, -0.15) is 0 Å². The highest BCUT2D eigenvalue weighted by molar-refractivity contribution is 5.44. The number of benzene rings is 2. The van der Waals surface area contributed by atoms with Crippen molar-refractivity contribution in [2.45, 2.75) is 12.5 Å². The van der Waals surface area contributed by atoms with Crippen LogP contribution in [0.1, 0.15) is 6.92 Å². The Morgan fingerprint density at radius 3 is 1.53 bits per heavy atom. The van der Waals surface area contributed by atoms with Gasteiger partial charge in [-0.3, -0.25) is 0 Å². The molecule has 0 bridgehead atoms. The fourth-order valence-electron chi connectivity index (χ4n) is 1.76. The van der Waals surface area contributed by atoms with Gasteiger partial charge in [-0.05, 0) is 31.2 Å². The van der Waals surface area contributed by atoms with E-state index in [2.05, 4.69) is 10.6 Å². The van der Waals surface area contributed by atoms with E-state index < -0.39 is 5.60 Å². The number of rotatable bonds is 6. The van der Waals surface area contributed by atoms with Crippen molar-refractivity contribution in [1.29, 1.82) is 0 Å². The SMILES string of the molecule is CC(O)(CNc1ccccc1)CNc1ccccc1. The Labute approximate surface area is 114 Å². The number of aliphatic hydroxyl groups is 1. The highest BCUT2D eigenvalue weighted by Gasteiger charge is 2.19. The minimum Gasteiger partial charge on any atom is -0.386 e. The molecule has 0 aliphatic heterocycles. The van der Waals surface area contributed by atoms with Gasteiger partial charge in [0.2, 0.25) is 0 Å². The van der Waals surface area contributed by atoms with Crippen LogP contribution in [0.4, 0.5) is 11.4 Å². The first-order valence-corrected chi connectivity index (χ1v) is 6.46. The molecule has 19 heavy (non-hydrogen) atoms. The first kappa shape index (κ1) is 13.4. The standard InChI is InChI=1S/C16H20N2O/c1-16(19,12-17-14-8-4-2-5-9-14)13-18-15-10-6-3-7-11-15/h2-11,17-19H,12-13H2,1H3. The smallest absolute Gasteiger partial charge is 0.0962 e. The summed E-state index contributed by atoms with van der Waals surface area (Å²) in [4.78, 5) is 0. The van der Waals surface area contributed by atoms with Gasteiger partial charge < -0.3 is 15.7 Å². The second-order valence-electron chi connectivity index (χ2n) is 4.94. The summed E-state index contributed by atoms with van der Waals surface area (Å²) in [6, 6.07) is 19.8. The molecule has 0 atom stereocenters. The van der Waals surface area contributed by atoms with E-state index in [0.29, 0.717) is 13.1 Å². The molecule has 3 nitrogen and oxygen atoms in total. The number of anilines is 2. The lowest BCUT2D eigenvalue weighted by Crippen LogP contribution is -2.40. The van der Waals surface area contributed by atoms with Crippen LogP contribution >= 0.6 is 0 Å². The summed E-state index contributed by atoms with van der Waals surface area (Å²) in [5.74, 6) is 0. The minimum absolute atomic E-state index is 0.497. The summed E-state index contributed by atoms with van der Waals surface area (Å²) < 4.78 is 0. The fourth-order valence-corrected chi connectivity index (χ4v) is 1.76. The van der Waals surface area contributed by atoms with Crippen molar-refractivity contribution < 1.29 is 5.11 Å². The predicted octanol–water partition coefficient (Wildman–Crippen LogP) is 2.96. The molecule has 0 unspecified atom stereocenters. The molecule has 0 radical (unpaired) electrons. The largest absolute Gasteiger partial charge is 0.386 e. The van der Waals surface area contributed by atoms with Crippen molar-refractivity contribution in [2.24, 2.45) is 0 Å². The van der Waals surface area contributed by atoms with Gasteiger partial charge in [0.05, 0.1) is 5.60 Å². The van der Waals surface area contributed by atoms with Crippen LogP contribution in [0.25, 0.3) is 0 Å². The van der Waals surface area contributed by atoms with Gasteiger partial charge in [-0.15, -0.1) is 0 Å². The van der Waals surface area contributed by atoms with Crippen LogP contribution < -0.4 is 10.6 Å². The Bertz CT molecular complexity index is 437. The average Bonchev–Trinajstić information content (AvgIpc) is 2.46. The molecular formula is C16H20N2O. The topological polar surface area (TPSA) is 44.3 Å². The van der Waals surface area contributed by atoms with Gasteiger partial charge in [0.15, 0.2) is 0 Å². The van der Waals surface area contributed by atoms with Gasteiger partial charge in [0.1, 0.15) is 0 Å². The van der Waals surface area contributed by atoms with Crippen molar-refractivity contribution in [3.63, 3.8) is 0 Å². The molecule has 0 aliphatic rings. The van der Waals surface area contributed by atoms with Crippen molar-refractivity contribution in [1.82, 2.24) is 0 Å². The Kier molecular flexibility index (Phi) is 4.42. The van der Waals surface area contributed by atoms with Crippen LogP contribution in [0, 0.1) is 0 Å². The van der Waals surface area contributed by atoms with E-state index in [9.17, 15) is 5.11 Å². The summed E-state index contributed by atoms with van der Waals surface area (Å²) in [6.45, 7) is 2.81. The van der Waals surface area contributed by atoms with Crippen molar-refractivity contribution in [3.8, 4) is 0 Å². The van der Waals surface area contributed by atoms with Crippen molar-refractivity contribution in [3.05, 3.63) is 60.7 Å². The number of hydrogen-bond acceptors (Lipinski definition) is 3. The molecule has 0 heterocycles. The third kappa shape index (κ3) is 4.64. The van der Waals surface area contributed by atoms with Crippen LogP contribution in [0.5, 0.6) is 0 Å². The normalized spacial score (nSPS) is 11.1. The molecule has 3 heteroatoms. The van der Waals surface area contributed by atoms with E-state index in [1.807, 2.05) is 67.6 Å². The monoisotopic (exact) mass is 256 g/mol. The Balaban J connectivity index is 1.82. The lowest BCUT2D eigenvalue weighted by molar-refractivity contribution is 0.0876. The highest BCUT2D eigenvalue weighted by Crippen LogP contribution is 2.11.